The van der Waals surface area contributed by atoms with Crippen molar-refractivity contribution in [3.8, 4) is 5.75 Å². The van der Waals surface area contributed by atoms with Crippen molar-refractivity contribution in [1.82, 2.24) is 19.5 Å². The highest BCUT2D eigenvalue weighted by Crippen LogP contribution is 2.28. The summed E-state index contributed by atoms with van der Waals surface area (Å²) < 4.78 is 7.19. The van der Waals surface area contributed by atoms with Gasteiger partial charge in [-0.25, -0.2) is 15.0 Å². The van der Waals surface area contributed by atoms with Crippen molar-refractivity contribution in [3.05, 3.63) is 36.9 Å². The zero-order chi connectivity index (χ0) is 18.8. The van der Waals surface area contributed by atoms with Gasteiger partial charge in [-0.2, -0.15) is 0 Å². The zero-order valence-electron chi connectivity index (χ0n) is 15.4. The van der Waals surface area contributed by atoms with E-state index in [4.69, 9.17) is 4.74 Å². The first-order valence-electron chi connectivity index (χ1n) is 8.98. The summed E-state index contributed by atoms with van der Waals surface area (Å²) in [4.78, 5) is 28.0. The molecule has 1 aliphatic rings. The lowest BCUT2D eigenvalue weighted by atomic mass is 9.95. The smallest absolute Gasteiger partial charge is 0.227 e. The quantitative estimate of drug-likeness (QED) is 0.762. The molecule has 8 heteroatoms. The first-order valence-corrected chi connectivity index (χ1v) is 8.98. The molecule has 1 aromatic carbocycles. The first-order chi connectivity index (χ1) is 13.2. The fourth-order valence-electron chi connectivity index (χ4n) is 3.50. The Morgan fingerprint density at radius 1 is 1.19 bits per heavy atom. The molecule has 8 nitrogen and oxygen atoms in total. The molecule has 1 saturated heterocycles. The van der Waals surface area contributed by atoms with Crippen LogP contribution in [0.15, 0.2) is 36.9 Å². The standard InChI is InChI=1S/C19H22N6O2/c1-24-12-22-16-17(24)20-11-21-18(16)25-9-7-13(8-10-25)19(26)23-14-5-3-4-6-15(14)27-2/h3-6,11-13H,7-10H2,1-2H3,(H,23,26). The number of rotatable bonds is 4. The molecule has 1 fully saturated rings. The number of carbonyl (C=O) groups is 1. The Morgan fingerprint density at radius 2 is 1.96 bits per heavy atom. The van der Waals surface area contributed by atoms with Crippen LogP contribution in [0.1, 0.15) is 12.8 Å². The minimum Gasteiger partial charge on any atom is -0.495 e. The normalized spacial score (nSPS) is 15.1. The summed E-state index contributed by atoms with van der Waals surface area (Å²) in [6.45, 7) is 1.51. The lowest BCUT2D eigenvalue weighted by Gasteiger charge is -2.32. The number of aromatic nitrogens is 4. The lowest BCUT2D eigenvalue weighted by Crippen LogP contribution is -2.38. The van der Waals surface area contributed by atoms with E-state index in [9.17, 15) is 4.79 Å². The molecule has 1 amide bonds. The Kier molecular flexibility index (Phi) is 4.62. The predicted molar refractivity (Wildman–Crippen MR) is 103 cm³/mol. The van der Waals surface area contributed by atoms with Crippen LogP contribution in [0.25, 0.3) is 11.2 Å². The van der Waals surface area contributed by atoms with E-state index >= 15 is 0 Å². The number of anilines is 2. The summed E-state index contributed by atoms with van der Waals surface area (Å²) >= 11 is 0. The van der Waals surface area contributed by atoms with Crippen LogP contribution >= 0.6 is 0 Å². The Morgan fingerprint density at radius 3 is 2.74 bits per heavy atom. The van der Waals surface area contributed by atoms with Gasteiger partial charge in [0.15, 0.2) is 17.0 Å². The van der Waals surface area contributed by atoms with Gasteiger partial charge < -0.3 is 19.5 Å². The number of hydrogen-bond donors (Lipinski definition) is 1. The number of benzene rings is 1. The van der Waals surface area contributed by atoms with Crippen LogP contribution in [0, 0.1) is 5.92 Å². The molecule has 27 heavy (non-hydrogen) atoms. The van der Waals surface area contributed by atoms with Crippen LogP contribution in [0.2, 0.25) is 0 Å². The third kappa shape index (κ3) is 3.30. The van der Waals surface area contributed by atoms with Crippen LogP contribution in [-0.4, -0.2) is 45.6 Å². The monoisotopic (exact) mass is 366 g/mol. The van der Waals surface area contributed by atoms with Gasteiger partial charge in [0, 0.05) is 26.1 Å². The largest absolute Gasteiger partial charge is 0.495 e. The van der Waals surface area contributed by atoms with Crippen LogP contribution in [0.5, 0.6) is 5.75 Å². The molecule has 2 aromatic heterocycles. The molecule has 0 aliphatic carbocycles. The molecule has 140 valence electrons. The number of aryl methyl sites for hydroxylation is 1. The molecule has 0 spiro atoms. The van der Waals surface area contributed by atoms with Gasteiger partial charge in [0.25, 0.3) is 0 Å². The highest BCUT2D eigenvalue weighted by Gasteiger charge is 2.27. The van der Waals surface area contributed by atoms with Gasteiger partial charge in [0.05, 0.1) is 19.1 Å². The molecule has 0 saturated carbocycles. The van der Waals surface area contributed by atoms with Crippen LogP contribution in [0.3, 0.4) is 0 Å². The SMILES string of the molecule is COc1ccccc1NC(=O)C1CCN(c2ncnc3c2ncn3C)CC1. The Hall–Kier alpha value is -3.16. The molecule has 1 N–H and O–H groups in total. The Labute approximate surface area is 157 Å². The Bertz CT molecular complexity index is 962. The van der Waals surface area contributed by atoms with Gasteiger partial charge in [-0.1, -0.05) is 12.1 Å². The van der Waals surface area contributed by atoms with Crippen molar-refractivity contribution in [2.75, 3.05) is 30.4 Å². The van der Waals surface area contributed by atoms with Crippen LogP contribution < -0.4 is 15.0 Å². The number of imidazole rings is 1. The molecule has 4 rings (SSSR count). The number of piperidine rings is 1. The van der Waals surface area contributed by atoms with Crippen LogP contribution in [0.4, 0.5) is 11.5 Å². The van der Waals surface area contributed by atoms with E-state index in [1.807, 2.05) is 35.9 Å². The fraction of sp³-hybridized carbons (Fsp3) is 0.368. The van der Waals surface area contributed by atoms with E-state index in [0.717, 1.165) is 42.9 Å². The third-order valence-electron chi connectivity index (χ3n) is 5.01. The van der Waals surface area contributed by atoms with E-state index in [1.165, 1.54) is 0 Å². The molecule has 0 atom stereocenters. The van der Waals surface area contributed by atoms with E-state index in [0.29, 0.717) is 11.4 Å². The maximum absolute atomic E-state index is 12.7. The third-order valence-corrected chi connectivity index (χ3v) is 5.01. The molecule has 0 radical (unpaired) electrons. The molecular weight excluding hydrogens is 344 g/mol. The maximum atomic E-state index is 12.7. The van der Waals surface area contributed by atoms with Gasteiger partial charge in [-0.3, -0.25) is 4.79 Å². The number of nitrogens with one attached hydrogen (secondary N) is 1. The van der Waals surface area contributed by atoms with E-state index < -0.39 is 0 Å². The number of para-hydroxylation sites is 2. The highest BCUT2D eigenvalue weighted by molar-refractivity contribution is 5.94. The van der Waals surface area contributed by atoms with Crippen molar-refractivity contribution in [2.24, 2.45) is 13.0 Å². The number of carbonyl (C=O) groups excluding carboxylic acids is 1. The highest BCUT2D eigenvalue weighted by atomic mass is 16.5. The zero-order valence-corrected chi connectivity index (χ0v) is 15.4. The van der Waals surface area contributed by atoms with Crippen molar-refractivity contribution in [3.63, 3.8) is 0 Å². The van der Waals surface area contributed by atoms with E-state index in [1.54, 1.807) is 19.8 Å². The maximum Gasteiger partial charge on any atom is 0.227 e. The van der Waals surface area contributed by atoms with Crippen molar-refractivity contribution in [1.29, 1.82) is 0 Å². The summed E-state index contributed by atoms with van der Waals surface area (Å²) in [5.74, 6) is 1.50. The number of ether oxygens (including phenoxy) is 1. The predicted octanol–water partition coefficient (Wildman–Crippen LogP) is 2.23. The average Bonchev–Trinajstić information content (AvgIpc) is 3.10. The topological polar surface area (TPSA) is 85.2 Å². The molecule has 0 unspecified atom stereocenters. The summed E-state index contributed by atoms with van der Waals surface area (Å²) in [5.41, 5.74) is 2.33. The Balaban J connectivity index is 1.43. The van der Waals surface area contributed by atoms with E-state index in [-0.39, 0.29) is 11.8 Å². The minimum atomic E-state index is -0.0350. The average molecular weight is 366 g/mol. The second-order valence-corrected chi connectivity index (χ2v) is 6.68. The number of amides is 1. The first kappa shape index (κ1) is 17.3. The molecule has 0 bridgehead atoms. The van der Waals surface area contributed by atoms with Crippen LogP contribution in [-0.2, 0) is 11.8 Å². The molecular formula is C19H22N6O2. The molecule has 3 heterocycles. The lowest BCUT2D eigenvalue weighted by molar-refractivity contribution is -0.120. The second-order valence-electron chi connectivity index (χ2n) is 6.68. The summed E-state index contributed by atoms with van der Waals surface area (Å²) in [6, 6.07) is 7.46. The summed E-state index contributed by atoms with van der Waals surface area (Å²) in [7, 11) is 3.52. The molecule has 1 aliphatic heterocycles. The van der Waals surface area contributed by atoms with Gasteiger partial charge in [-0.15, -0.1) is 0 Å². The molecule has 3 aromatic rings. The van der Waals surface area contributed by atoms with Gasteiger partial charge in [0.1, 0.15) is 12.1 Å². The number of hydrogen-bond acceptors (Lipinski definition) is 6. The fourth-order valence-corrected chi connectivity index (χ4v) is 3.50. The summed E-state index contributed by atoms with van der Waals surface area (Å²) in [6.07, 6.45) is 4.84. The van der Waals surface area contributed by atoms with Gasteiger partial charge in [-0.05, 0) is 25.0 Å². The van der Waals surface area contributed by atoms with Crippen molar-refractivity contribution in [2.45, 2.75) is 12.8 Å². The number of methoxy groups -OCH3 is 1. The second kappa shape index (κ2) is 7.22. The van der Waals surface area contributed by atoms with Gasteiger partial charge in [0.2, 0.25) is 5.91 Å². The van der Waals surface area contributed by atoms with Crippen molar-refractivity contribution >= 4 is 28.6 Å². The number of nitrogens with zero attached hydrogens (tertiary/aromatic N) is 5. The van der Waals surface area contributed by atoms with Crippen molar-refractivity contribution < 1.29 is 9.53 Å². The minimum absolute atomic E-state index is 0.0322. The van der Waals surface area contributed by atoms with Gasteiger partial charge >= 0.3 is 0 Å². The van der Waals surface area contributed by atoms with E-state index in [2.05, 4.69) is 25.2 Å². The summed E-state index contributed by atoms with van der Waals surface area (Å²) in [5, 5.41) is 2.99. The number of fused-ring (bicyclic) bond motifs is 1.